The van der Waals surface area contributed by atoms with Crippen LogP contribution in [0, 0.1) is 0 Å². The number of nitrogens with one attached hydrogen (secondary N) is 2. The van der Waals surface area contributed by atoms with E-state index in [1.165, 1.54) is 12.2 Å². The standard InChI is InChI=1S/C30H29F3N2O6/c1-18(40-16-19-10-4-3-5-11-19)25(26(36)35-29(2,27(37)38)30(31,32)33)34-28(39)41-17-24-22-14-8-6-12-20(22)21-13-7-9-15-23(21)24/h3-15,18,24-25H,16-17H2,1-2H3,(H,34,39)(H,35,36)(H,37,38). The van der Waals surface area contributed by atoms with Crippen molar-refractivity contribution in [2.45, 2.75) is 50.2 Å². The van der Waals surface area contributed by atoms with Crippen LogP contribution in [0.2, 0.25) is 0 Å². The Morgan fingerprint density at radius 2 is 1.44 bits per heavy atom. The van der Waals surface area contributed by atoms with Crippen molar-refractivity contribution in [3.05, 3.63) is 95.6 Å². The Bertz CT molecular complexity index is 1370. The highest BCUT2D eigenvalue weighted by atomic mass is 19.4. The number of ether oxygens (including phenoxy) is 2. The molecule has 3 N–H and O–H groups in total. The van der Waals surface area contributed by atoms with Crippen molar-refractivity contribution < 1.29 is 42.1 Å². The number of benzene rings is 3. The second-order valence-corrected chi connectivity index (χ2v) is 9.87. The highest BCUT2D eigenvalue weighted by Crippen LogP contribution is 2.44. The molecule has 0 aliphatic heterocycles. The van der Waals surface area contributed by atoms with E-state index in [-0.39, 0.29) is 19.1 Å². The molecule has 1 aliphatic carbocycles. The van der Waals surface area contributed by atoms with E-state index in [1.54, 1.807) is 30.3 Å². The van der Waals surface area contributed by atoms with Crippen molar-refractivity contribution in [3.63, 3.8) is 0 Å². The molecule has 0 saturated carbocycles. The van der Waals surface area contributed by atoms with E-state index in [4.69, 9.17) is 9.47 Å². The van der Waals surface area contributed by atoms with Crippen LogP contribution in [-0.2, 0) is 25.7 Å². The van der Waals surface area contributed by atoms with Gasteiger partial charge in [0, 0.05) is 5.92 Å². The van der Waals surface area contributed by atoms with Crippen LogP contribution in [0.3, 0.4) is 0 Å². The summed E-state index contributed by atoms with van der Waals surface area (Å²) in [6.07, 6.45) is -7.56. The van der Waals surface area contributed by atoms with Gasteiger partial charge in [-0.25, -0.2) is 9.59 Å². The number of hydrogen-bond acceptors (Lipinski definition) is 5. The number of halogens is 3. The lowest BCUT2D eigenvalue weighted by molar-refractivity contribution is -0.207. The second-order valence-electron chi connectivity index (χ2n) is 9.87. The fraction of sp³-hybridized carbons (Fsp3) is 0.300. The van der Waals surface area contributed by atoms with E-state index in [1.807, 2.05) is 48.5 Å². The number of carboxylic acids is 1. The average Bonchev–Trinajstić information content (AvgIpc) is 3.26. The van der Waals surface area contributed by atoms with Crippen LogP contribution in [0.1, 0.15) is 36.5 Å². The summed E-state index contributed by atoms with van der Waals surface area (Å²) in [6.45, 7) is 1.58. The number of fused-ring (bicyclic) bond motifs is 3. The monoisotopic (exact) mass is 570 g/mol. The third kappa shape index (κ3) is 6.35. The molecule has 8 nitrogen and oxygen atoms in total. The van der Waals surface area contributed by atoms with E-state index < -0.39 is 41.8 Å². The fourth-order valence-corrected chi connectivity index (χ4v) is 4.63. The average molecular weight is 571 g/mol. The molecule has 3 unspecified atom stereocenters. The molecule has 11 heteroatoms. The van der Waals surface area contributed by atoms with Crippen LogP contribution in [0.4, 0.5) is 18.0 Å². The van der Waals surface area contributed by atoms with Crippen LogP contribution in [0.5, 0.6) is 0 Å². The number of carbonyl (C=O) groups excluding carboxylic acids is 2. The molecule has 0 radical (unpaired) electrons. The van der Waals surface area contributed by atoms with Crippen molar-refractivity contribution >= 4 is 18.0 Å². The molecule has 0 fully saturated rings. The van der Waals surface area contributed by atoms with Crippen molar-refractivity contribution in [3.8, 4) is 11.1 Å². The van der Waals surface area contributed by atoms with Crippen molar-refractivity contribution in [2.75, 3.05) is 6.61 Å². The third-order valence-corrected chi connectivity index (χ3v) is 7.09. The predicted molar refractivity (Wildman–Crippen MR) is 143 cm³/mol. The highest BCUT2D eigenvalue weighted by Gasteiger charge is 2.59. The van der Waals surface area contributed by atoms with E-state index >= 15 is 0 Å². The van der Waals surface area contributed by atoms with E-state index in [2.05, 4.69) is 5.32 Å². The number of alkyl halides is 3. The van der Waals surface area contributed by atoms with Gasteiger partial charge in [0.15, 0.2) is 0 Å². The first-order chi connectivity index (χ1) is 19.4. The molecule has 1 aliphatic rings. The first-order valence-electron chi connectivity index (χ1n) is 12.8. The maximum absolute atomic E-state index is 13.6. The summed E-state index contributed by atoms with van der Waals surface area (Å²) < 4.78 is 52.0. The van der Waals surface area contributed by atoms with Crippen LogP contribution < -0.4 is 10.6 Å². The van der Waals surface area contributed by atoms with Crippen LogP contribution in [-0.4, -0.2) is 53.5 Å². The molecular weight excluding hydrogens is 541 g/mol. The van der Waals surface area contributed by atoms with Crippen molar-refractivity contribution in [1.29, 1.82) is 0 Å². The maximum Gasteiger partial charge on any atom is 0.422 e. The fourth-order valence-electron chi connectivity index (χ4n) is 4.63. The van der Waals surface area contributed by atoms with Crippen molar-refractivity contribution in [2.24, 2.45) is 0 Å². The number of rotatable bonds is 10. The largest absolute Gasteiger partial charge is 0.479 e. The highest BCUT2D eigenvalue weighted by molar-refractivity contribution is 5.92. The number of aliphatic carboxylic acids is 1. The number of amides is 2. The maximum atomic E-state index is 13.6. The van der Waals surface area contributed by atoms with Gasteiger partial charge >= 0.3 is 18.2 Å². The molecule has 3 aromatic carbocycles. The smallest absolute Gasteiger partial charge is 0.422 e. The Kier molecular flexibility index (Phi) is 8.67. The minimum atomic E-state index is -5.32. The Morgan fingerprint density at radius 1 is 0.902 bits per heavy atom. The molecular formula is C30H29F3N2O6. The molecule has 0 saturated heterocycles. The van der Waals surface area contributed by atoms with Crippen molar-refractivity contribution in [1.82, 2.24) is 10.6 Å². The summed E-state index contributed by atoms with van der Waals surface area (Å²) >= 11 is 0. The quantitative estimate of drug-likeness (QED) is 0.316. The Hall–Kier alpha value is -4.38. The molecule has 3 aromatic rings. The summed E-state index contributed by atoms with van der Waals surface area (Å²) in [5.74, 6) is -4.01. The zero-order valence-corrected chi connectivity index (χ0v) is 22.3. The molecule has 216 valence electrons. The van der Waals surface area contributed by atoms with Gasteiger partial charge in [-0.2, -0.15) is 13.2 Å². The minimum Gasteiger partial charge on any atom is -0.479 e. The number of carbonyl (C=O) groups is 3. The van der Waals surface area contributed by atoms with Gasteiger partial charge in [0.2, 0.25) is 11.4 Å². The Morgan fingerprint density at radius 3 is 1.98 bits per heavy atom. The number of carboxylic acid groups (broad SMARTS) is 1. The van der Waals surface area contributed by atoms with Gasteiger partial charge in [0.1, 0.15) is 12.6 Å². The lowest BCUT2D eigenvalue weighted by atomic mass is 9.98. The van der Waals surface area contributed by atoms with Crippen LogP contribution >= 0.6 is 0 Å². The molecule has 3 atom stereocenters. The Balaban J connectivity index is 1.50. The van der Waals surface area contributed by atoms with Gasteiger partial charge in [0.25, 0.3) is 0 Å². The van der Waals surface area contributed by atoms with E-state index in [0.717, 1.165) is 22.3 Å². The zero-order chi connectivity index (χ0) is 29.8. The molecule has 4 rings (SSSR count). The van der Waals surface area contributed by atoms with Gasteiger partial charge < -0.3 is 25.2 Å². The number of hydrogen-bond donors (Lipinski definition) is 3. The summed E-state index contributed by atoms with van der Waals surface area (Å²) in [5, 5.41) is 13.1. The van der Waals surface area contributed by atoms with E-state index in [9.17, 15) is 32.7 Å². The van der Waals surface area contributed by atoms with Gasteiger partial charge in [-0.15, -0.1) is 0 Å². The first-order valence-corrected chi connectivity index (χ1v) is 12.8. The van der Waals surface area contributed by atoms with Gasteiger partial charge in [-0.05, 0) is 41.7 Å². The normalized spacial score (nSPS) is 15.5. The van der Waals surface area contributed by atoms with Gasteiger partial charge in [-0.3, -0.25) is 4.79 Å². The molecule has 0 spiro atoms. The zero-order valence-electron chi connectivity index (χ0n) is 22.3. The molecule has 0 bridgehead atoms. The minimum absolute atomic E-state index is 0.0202. The molecule has 0 heterocycles. The molecule has 41 heavy (non-hydrogen) atoms. The topological polar surface area (TPSA) is 114 Å². The predicted octanol–water partition coefficient (Wildman–Crippen LogP) is 5.02. The summed E-state index contributed by atoms with van der Waals surface area (Å²) in [7, 11) is 0. The molecule has 2 amide bonds. The van der Waals surface area contributed by atoms with Crippen LogP contribution in [0.15, 0.2) is 78.9 Å². The van der Waals surface area contributed by atoms with Gasteiger partial charge in [-0.1, -0.05) is 78.9 Å². The second kappa shape index (κ2) is 12.0. The summed E-state index contributed by atoms with van der Waals surface area (Å²) in [6, 6.07) is 22.3. The SMILES string of the molecule is CC(OCc1ccccc1)C(NC(=O)OCC1c2ccccc2-c2ccccc21)C(=O)NC(C)(C(=O)O)C(F)(F)F. The molecule has 0 aromatic heterocycles. The van der Waals surface area contributed by atoms with Crippen LogP contribution in [0.25, 0.3) is 11.1 Å². The first kappa shape index (κ1) is 29.6. The van der Waals surface area contributed by atoms with Gasteiger partial charge in [0.05, 0.1) is 12.7 Å². The van der Waals surface area contributed by atoms with E-state index in [0.29, 0.717) is 12.5 Å². The summed E-state index contributed by atoms with van der Waals surface area (Å²) in [4.78, 5) is 37.5. The lowest BCUT2D eigenvalue weighted by Gasteiger charge is -2.32. The number of alkyl carbamates (subject to hydrolysis) is 1. The lowest BCUT2D eigenvalue weighted by Crippen LogP contribution is -2.66. The third-order valence-electron chi connectivity index (χ3n) is 7.09. The Labute approximate surface area is 234 Å². The summed E-state index contributed by atoms with van der Waals surface area (Å²) in [5.41, 5.74) is 0.986.